The van der Waals surface area contributed by atoms with Gasteiger partial charge in [0.1, 0.15) is 5.82 Å². The quantitative estimate of drug-likeness (QED) is 0.658. The molecule has 0 bridgehead atoms. The molecule has 0 aliphatic rings. The molecule has 19 heavy (non-hydrogen) atoms. The summed E-state index contributed by atoms with van der Waals surface area (Å²) in [6, 6.07) is 6.82. The summed E-state index contributed by atoms with van der Waals surface area (Å²) in [6.45, 7) is 5.72. The number of hydrogen-bond donors (Lipinski definition) is 2. The van der Waals surface area contributed by atoms with Gasteiger partial charge in [0.25, 0.3) is 0 Å². The molecule has 0 spiro atoms. The van der Waals surface area contributed by atoms with Gasteiger partial charge in [-0.05, 0) is 55.7 Å². The Morgan fingerprint density at radius 2 is 1.89 bits per heavy atom. The van der Waals surface area contributed by atoms with Crippen molar-refractivity contribution in [3.8, 4) is 0 Å². The van der Waals surface area contributed by atoms with Crippen molar-refractivity contribution in [1.29, 1.82) is 0 Å². The van der Waals surface area contributed by atoms with E-state index in [0.29, 0.717) is 11.3 Å². The van der Waals surface area contributed by atoms with E-state index in [-0.39, 0.29) is 5.82 Å². The molecule has 0 saturated carbocycles. The minimum absolute atomic E-state index is 0.260. The lowest BCUT2D eigenvalue weighted by Gasteiger charge is -2.19. The standard InChI is InChI=1S/C15H18FN3/c1-9-4-5-18-13(8-9)15(19-17)14-11(3)6-10(2)7-12(14)16/h4-8,15,19H,17H2,1-3H3. The van der Waals surface area contributed by atoms with E-state index >= 15 is 0 Å². The number of halogens is 1. The zero-order valence-corrected chi connectivity index (χ0v) is 11.4. The van der Waals surface area contributed by atoms with E-state index in [1.165, 1.54) is 6.07 Å². The van der Waals surface area contributed by atoms with Crippen LogP contribution in [0.4, 0.5) is 4.39 Å². The average Bonchev–Trinajstić information content (AvgIpc) is 2.33. The van der Waals surface area contributed by atoms with Crippen molar-refractivity contribution < 1.29 is 4.39 Å². The molecular weight excluding hydrogens is 241 g/mol. The van der Waals surface area contributed by atoms with E-state index in [4.69, 9.17) is 5.84 Å². The lowest BCUT2D eigenvalue weighted by Crippen LogP contribution is -2.31. The first kappa shape index (κ1) is 13.6. The summed E-state index contributed by atoms with van der Waals surface area (Å²) in [7, 11) is 0. The fourth-order valence-electron chi connectivity index (χ4n) is 2.33. The number of benzene rings is 1. The molecular formula is C15H18FN3. The molecule has 0 aliphatic heterocycles. The van der Waals surface area contributed by atoms with Crippen LogP contribution in [0, 0.1) is 26.6 Å². The minimum Gasteiger partial charge on any atom is -0.271 e. The molecule has 1 atom stereocenters. The van der Waals surface area contributed by atoms with Crippen molar-refractivity contribution in [3.05, 3.63) is 64.2 Å². The largest absolute Gasteiger partial charge is 0.271 e. The van der Waals surface area contributed by atoms with Crippen molar-refractivity contribution in [3.63, 3.8) is 0 Å². The number of hydrazine groups is 1. The van der Waals surface area contributed by atoms with Gasteiger partial charge in [-0.3, -0.25) is 10.8 Å². The van der Waals surface area contributed by atoms with E-state index in [1.807, 2.05) is 39.0 Å². The van der Waals surface area contributed by atoms with Crippen LogP contribution in [0.1, 0.15) is 34.0 Å². The molecule has 100 valence electrons. The zero-order chi connectivity index (χ0) is 14.0. The van der Waals surface area contributed by atoms with Gasteiger partial charge < -0.3 is 0 Å². The van der Waals surface area contributed by atoms with Gasteiger partial charge in [0.15, 0.2) is 0 Å². The van der Waals surface area contributed by atoms with Gasteiger partial charge in [-0.15, -0.1) is 0 Å². The number of rotatable bonds is 3. The summed E-state index contributed by atoms with van der Waals surface area (Å²) in [5.41, 5.74) is 6.75. The van der Waals surface area contributed by atoms with E-state index < -0.39 is 6.04 Å². The van der Waals surface area contributed by atoms with Crippen LogP contribution in [0.15, 0.2) is 30.5 Å². The summed E-state index contributed by atoms with van der Waals surface area (Å²) < 4.78 is 14.2. The highest BCUT2D eigenvalue weighted by Crippen LogP contribution is 2.27. The third kappa shape index (κ3) is 2.80. The predicted molar refractivity (Wildman–Crippen MR) is 74.0 cm³/mol. The summed E-state index contributed by atoms with van der Waals surface area (Å²) in [5.74, 6) is 5.35. The Morgan fingerprint density at radius 1 is 1.16 bits per heavy atom. The number of aromatic nitrogens is 1. The number of nitrogens with one attached hydrogen (secondary N) is 1. The van der Waals surface area contributed by atoms with Crippen LogP contribution in [0.2, 0.25) is 0 Å². The molecule has 0 saturated heterocycles. The van der Waals surface area contributed by atoms with Gasteiger partial charge in [0.2, 0.25) is 0 Å². The number of aryl methyl sites for hydroxylation is 3. The molecule has 1 aromatic carbocycles. The molecule has 0 radical (unpaired) electrons. The molecule has 3 N–H and O–H groups in total. The van der Waals surface area contributed by atoms with Gasteiger partial charge in [-0.2, -0.15) is 0 Å². The molecule has 1 unspecified atom stereocenters. The van der Waals surface area contributed by atoms with Crippen LogP contribution in [0.5, 0.6) is 0 Å². The van der Waals surface area contributed by atoms with Gasteiger partial charge in [-0.1, -0.05) is 6.07 Å². The second kappa shape index (κ2) is 5.47. The molecule has 4 heteroatoms. The van der Waals surface area contributed by atoms with Crippen molar-refractivity contribution in [2.24, 2.45) is 5.84 Å². The number of hydrogen-bond acceptors (Lipinski definition) is 3. The second-order valence-electron chi connectivity index (χ2n) is 4.84. The normalized spacial score (nSPS) is 12.5. The predicted octanol–water partition coefficient (Wildman–Crippen LogP) is 2.70. The zero-order valence-electron chi connectivity index (χ0n) is 11.4. The van der Waals surface area contributed by atoms with E-state index in [2.05, 4.69) is 10.4 Å². The molecule has 2 aromatic rings. The van der Waals surface area contributed by atoms with Crippen molar-refractivity contribution in [2.75, 3.05) is 0 Å². The number of nitrogens with two attached hydrogens (primary N) is 1. The monoisotopic (exact) mass is 259 g/mol. The molecule has 1 aromatic heterocycles. The van der Waals surface area contributed by atoms with Crippen LogP contribution < -0.4 is 11.3 Å². The highest BCUT2D eigenvalue weighted by Gasteiger charge is 2.20. The lowest BCUT2D eigenvalue weighted by molar-refractivity contribution is 0.549. The fraction of sp³-hybridized carbons (Fsp3) is 0.267. The van der Waals surface area contributed by atoms with Gasteiger partial charge in [0.05, 0.1) is 11.7 Å². The van der Waals surface area contributed by atoms with Gasteiger partial charge in [-0.25, -0.2) is 9.82 Å². The van der Waals surface area contributed by atoms with Gasteiger partial charge >= 0.3 is 0 Å². The Hall–Kier alpha value is -1.78. The molecule has 0 amide bonds. The van der Waals surface area contributed by atoms with Crippen LogP contribution in [0.25, 0.3) is 0 Å². The highest BCUT2D eigenvalue weighted by molar-refractivity contribution is 5.38. The topological polar surface area (TPSA) is 50.9 Å². The smallest absolute Gasteiger partial charge is 0.128 e. The number of pyridine rings is 1. The van der Waals surface area contributed by atoms with Crippen LogP contribution in [-0.2, 0) is 0 Å². The maximum atomic E-state index is 14.2. The first-order chi connectivity index (χ1) is 9.02. The second-order valence-corrected chi connectivity index (χ2v) is 4.84. The maximum Gasteiger partial charge on any atom is 0.128 e. The van der Waals surface area contributed by atoms with E-state index in [9.17, 15) is 4.39 Å². The Balaban J connectivity index is 2.54. The Bertz CT molecular complexity index is 573. The fourth-order valence-corrected chi connectivity index (χ4v) is 2.33. The molecule has 2 rings (SSSR count). The molecule has 0 aliphatic carbocycles. The molecule has 0 fully saturated rings. The van der Waals surface area contributed by atoms with Crippen molar-refractivity contribution in [2.45, 2.75) is 26.8 Å². The molecule has 1 heterocycles. The first-order valence-corrected chi connectivity index (χ1v) is 6.18. The van der Waals surface area contributed by atoms with Crippen molar-refractivity contribution >= 4 is 0 Å². The molecule has 3 nitrogen and oxygen atoms in total. The first-order valence-electron chi connectivity index (χ1n) is 6.18. The average molecular weight is 259 g/mol. The third-order valence-electron chi connectivity index (χ3n) is 3.17. The summed E-state index contributed by atoms with van der Waals surface area (Å²) in [6.07, 6.45) is 1.70. The van der Waals surface area contributed by atoms with Gasteiger partial charge in [0, 0.05) is 11.8 Å². The van der Waals surface area contributed by atoms with Crippen LogP contribution in [-0.4, -0.2) is 4.98 Å². The van der Waals surface area contributed by atoms with E-state index in [0.717, 1.165) is 16.7 Å². The highest BCUT2D eigenvalue weighted by atomic mass is 19.1. The Kier molecular flexibility index (Phi) is 3.93. The number of nitrogens with zero attached hydrogens (tertiary/aromatic N) is 1. The van der Waals surface area contributed by atoms with Crippen LogP contribution in [0.3, 0.4) is 0 Å². The Morgan fingerprint density at radius 3 is 2.47 bits per heavy atom. The lowest BCUT2D eigenvalue weighted by atomic mass is 9.96. The Labute approximate surface area is 112 Å². The van der Waals surface area contributed by atoms with Crippen LogP contribution >= 0.6 is 0 Å². The summed E-state index contributed by atoms with van der Waals surface area (Å²) >= 11 is 0. The van der Waals surface area contributed by atoms with E-state index in [1.54, 1.807) is 6.20 Å². The SMILES string of the molecule is Cc1ccnc(C(NN)c2c(C)cc(C)cc2F)c1. The third-order valence-corrected chi connectivity index (χ3v) is 3.17. The summed E-state index contributed by atoms with van der Waals surface area (Å²) in [4.78, 5) is 4.28. The summed E-state index contributed by atoms with van der Waals surface area (Å²) in [5, 5.41) is 0. The minimum atomic E-state index is -0.444. The maximum absolute atomic E-state index is 14.2. The van der Waals surface area contributed by atoms with Crippen molar-refractivity contribution in [1.82, 2.24) is 10.4 Å².